The zero-order chi connectivity index (χ0) is 11.1. The standard InChI is InChI=1S/C12H18N2O.ClH/c1-3-9-13-10(2)12(15)14-11-7-5-4-6-8-11;/h4-8,10,13H,3,9H2,1-2H3,(H,14,15);1H. The molecule has 0 aromatic heterocycles. The van der Waals surface area contributed by atoms with Gasteiger partial charge in [-0.3, -0.25) is 4.79 Å². The summed E-state index contributed by atoms with van der Waals surface area (Å²) in [5.41, 5.74) is 0.840. The normalized spacial score (nSPS) is 11.4. The number of hydrogen-bond acceptors (Lipinski definition) is 2. The quantitative estimate of drug-likeness (QED) is 0.833. The molecule has 1 amide bonds. The van der Waals surface area contributed by atoms with Crippen LogP contribution in [0.3, 0.4) is 0 Å². The van der Waals surface area contributed by atoms with Crippen molar-refractivity contribution in [3.8, 4) is 0 Å². The van der Waals surface area contributed by atoms with Crippen LogP contribution in [-0.2, 0) is 4.79 Å². The maximum atomic E-state index is 11.6. The fourth-order valence-corrected chi connectivity index (χ4v) is 1.23. The Morgan fingerprint density at radius 1 is 1.31 bits per heavy atom. The molecule has 90 valence electrons. The Morgan fingerprint density at radius 2 is 1.94 bits per heavy atom. The molecule has 0 saturated heterocycles. The SMILES string of the molecule is CCCNC(C)C(=O)Nc1ccccc1.Cl. The van der Waals surface area contributed by atoms with Crippen molar-refractivity contribution >= 4 is 24.0 Å². The summed E-state index contributed by atoms with van der Waals surface area (Å²) < 4.78 is 0. The molecular weight excluding hydrogens is 224 g/mol. The van der Waals surface area contributed by atoms with Gasteiger partial charge in [0, 0.05) is 5.69 Å². The summed E-state index contributed by atoms with van der Waals surface area (Å²) in [6, 6.07) is 9.34. The van der Waals surface area contributed by atoms with Gasteiger partial charge in [0.15, 0.2) is 0 Å². The van der Waals surface area contributed by atoms with Crippen molar-refractivity contribution in [2.24, 2.45) is 0 Å². The lowest BCUT2D eigenvalue weighted by molar-refractivity contribution is -0.117. The van der Waals surface area contributed by atoms with Gasteiger partial charge in [-0.1, -0.05) is 25.1 Å². The summed E-state index contributed by atoms with van der Waals surface area (Å²) in [7, 11) is 0. The number of nitrogens with one attached hydrogen (secondary N) is 2. The molecule has 0 radical (unpaired) electrons. The van der Waals surface area contributed by atoms with Crippen LogP contribution in [0.15, 0.2) is 30.3 Å². The molecule has 0 aliphatic heterocycles. The van der Waals surface area contributed by atoms with E-state index in [0.717, 1.165) is 18.7 Å². The number of anilines is 1. The molecule has 2 N–H and O–H groups in total. The van der Waals surface area contributed by atoms with Gasteiger partial charge in [-0.05, 0) is 32.0 Å². The maximum Gasteiger partial charge on any atom is 0.241 e. The zero-order valence-electron chi connectivity index (χ0n) is 9.69. The van der Waals surface area contributed by atoms with E-state index in [1.165, 1.54) is 0 Å². The van der Waals surface area contributed by atoms with Crippen LogP contribution in [-0.4, -0.2) is 18.5 Å². The first-order valence-corrected chi connectivity index (χ1v) is 5.33. The third-order valence-corrected chi connectivity index (χ3v) is 2.14. The maximum absolute atomic E-state index is 11.6. The van der Waals surface area contributed by atoms with E-state index >= 15 is 0 Å². The van der Waals surface area contributed by atoms with E-state index < -0.39 is 0 Å². The average Bonchev–Trinajstić information content (AvgIpc) is 2.27. The molecule has 4 heteroatoms. The third-order valence-electron chi connectivity index (χ3n) is 2.14. The topological polar surface area (TPSA) is 41.1 Å². The Hall–Kier alpha value is -1.06. The van der Waals surface area contributed by atoms with Crippen LogP contribution in [0.5, 0.6) is 0 Å². The molecule has 1 aromatic carbocycles. The van der Waals surface area contributed by atoms with Gasteiger partial charge < -0.3 is 10.6 Å². The molecule has 1 atom stereocenters. The van der Waals surface area contributed by atoms with Crippen molar-refractivity contribution in [3.05, 3.63) is 30.3 Å². The molecule has 0 bridgehead atoms. The molecule has 16 heavy (non-hydrogen) atoms. The number of rotatable bonds is 5. The van der Waals surface area contributed by atoms with Crippen LogP contribution in [0.1, 0.15) is 20.3 Å². The molecule has 0 aliphatic carbocycles. The van der Waals surface area contributed by atoms with Crippen LogP contribution in [0.4, 0.5) is 5.69 Å². The molecule has 0 aliphatic rings. The highest BCUT2D eigenvalue weighted by Gasteiger charge is 2.10. The Morgan fingerprint density at radius 3 is 2.50 bits per heavy atom. The van der Waals surface area contributed by atoms with Crippen molar-refractivity contribution in [2.45, 2.75) is 26.3 Å². The second kappa shape index (κ2) is 8.13. The van der Waals surface area contributed by atoms with E-state index in [-0.39, 0.29) is 24.4 Å². The largest absolute Gasteiger partial charge is 0.325 e. The third kappa shape index (κ3) is 5.14. The Balaban J connectivity index is 0.00000225. The lowest BCUT2D eigenvalue weighted by atomic mass is 10.2. The first kappa shape index (κ1) is 14.9. The van der Waals surface area contributed by atoms with Gasteiger partial charge in [0.05, 0.1) is 6.04 Å². The molecular formula is C12H19ClN2O. The number of amides is 1. The van der Waals surface area contributed by atoms with Crippen molar-refractivity contribution < 1.29 is 4.79 Å². The minimum Gasteiger partial charge on any atom is -0.325 e. The van der Waals surface area contributed by atoms with Gasteiger partial charge in [0.1, 0.15) is 0 Å². The van der Waals surface area contributed by atoms with Crippen LogP contribution in [0, 0.1) is 0 Å². The first-order valence-electron chi connectivity index (χ1n) is 5.33. The minimum atomic E-state index is -0.148. The van der Waals surface area contributed by atoms with E-state index in [0.29, 0.717) is 0 Å². The van der Waals surface area contributed by atoms with Crippen LogP contribution >= 0.6 is 12.4 Å². The van der Waals surface area contributed by atoms with Gasteiger partial charge in [-0.15, -0.1) is 12.4 Å². The number of halogens is 1. The number of carbonyl (C=O) groups is 1. The lowest BCUT2D eigenvalue weighted by Gasteiger charge is -2.13. The predicted molar refractivity (Wildman–Crippen MR) is 70.1 cm³/mol. The molecule has 1 unspecified atom stereocenters. The van der Waals surface area contributed by atoms with Crippen molar-refractivity contribution in [3.63, 3.8) is 0 Å². The van der Waals surface area contributed by atoms with Crippen LogP contribution in [0.25, 0.3) is 0 Å². The number of carbonyl (C=O) groups excluding carboxylic acids is 1. The van der Waals surface area contributed by atoms with Gasteiger partial charge in [-0.2, -0.15) is 0 Å². The van der Waals surface area contributed by atoms with E-state index in [9.17, 15) is 4.79 Å². The summed E-state index contributed by atoms with van der Waals surface area (Å²) in [4.78, 5) is 11.6. The average molecular weight is 243 g/mol. The zero-order valence-corrected chi connectivity index (χ0v) is 10.5. The van der Waals surface area contributed by atoms with Crippen molar-refractivity contribution in [1.82, 2.24) is 5.32 Å². The van der Waals surface area contributed by atoms with E-state index in [4.69, 9.17) is 0 Å². The van der Waals surface area contributed by atoms with E-state index in [1.54, 1.807) is 0 Å². The van der Waals surface area contributed by atoms with Gasteiger partial charge in [0.2, 0.25) is 5.91 Å². The monoisotopic (exact) mass is 242 g/mol. The highest BCUT2D eigenvalue weighted by molar-refractivity contribution is 5.94. The summed E-state index contributed by atoms with van der Waals surface area (Å²) in [5, 5.41) is 5.99. The lowest BCUT2D eigenvalue weighted by Crippen LogP contribution is -2.38. The molecule has 0 fully saturated rings. The summed E-state index contributed by atoms with van der Waals surface area (Å²) in [6.07, 6.45) is 1.03. The second-order valence-corrected chi connectivity index (χ2v) is 3.53. The molecule has 1 aromatic rings. The molecule has 1 rings (SSSR count). The summed E-state index contributed by atoms with van der Waals surface area (Å²) >= 11 is 0. The van der Waals surface area contributed by atoms with Crippen LogP contribution < -0.4 is 10.6 Å². The van der Waals surface area contributed by atoms with Gasteiger partial charge in [-0.25, -0.2) is 0 Å². The number of benzene rings is 1. The van der Waals surface area contributed by atoms with Gasteiger partial charge >= 0.3 is 0 Å². The summed E-state index contributed by atoms with van der Waals surface area (Å²) in [5.74, 6) is 0.00894. The van der Waals surface area contributed by atoms with Crippen molar-refractivity contribution in [2.75, 3.05) is 11.9 Å². The summed E-state index contributed by atoms with van der Waals surface area (Å²) in [6.45, 7) is 4.81. The second-order valence-electron chi connectivity index (χ2n) is 3.53. The first-order chi connectivity index (χ1) is 7.24. The predicted octanol–water partition coefficient (Wildman–Crippen LogP) is 2.44. The van der Waals surface area contributed by atoms with Gasteiger partial charge in [0.25, 0.3) is 0 Å². The molecule has 0 saturated carbocycles. The minimum absolute atomic E-state index is 0. The van der Waals surface area contributed by atoms with E-state index in [1.807, 2.05) is 37.3 Å². The highest BCUT2D eigenvalue weighted by Crippen LogP contribution is 2.05. The Labute approximate surface area is 103 Å². The smallest absolute Gasteiger partial charge is 0.241 e. The fraction of sp³-hybridized carbons (Fsp3) is 0.417. The Kier molecular flexibility index (Phi) is 7.60. The van der Waals surface area contributed by atoms with Crippen LogP contribution in [0.2, 0.25) is 0 Å². The molecule has 3 nitrogen and oxygen atoms in total. The number of para-hydroxylation sites is 1. The fourth-order valence-electron chi connectivity index (χ4n) is 1.23. The molecule has 0 spiro atoms. The number of hydrogen-bond donors (Lipinski definition) is 2. The Bertz CT molecular complexity index is 303. The molecule has 0 heterocycles. The van der Waals surface area contributed by atoms with E-state index in [2.05, 4.69) is 17.6 Å². The highest BCUT2D eigenvalue weighted by atomic mass is 35.5. The van der Waals surface area contributed by atoms with Crippen molar-refractivity contribution in [1.29, 1.82) is 0 Å².